The zero-order chi connectivity index (χ0) is 21.4. The van der Waals surface area contributed by atoms with Crippen LogP contribution in [0.25, 0.3) is 10.6 Å². The lowest BCUT2D eigenvalue weighted by molar-refractivity contribution is 0.0695. The molecular weight excluding hydrogens is 412 g/mol. The molecule has 0 fully saturated rings. The molecule has 0 spiro atoms. The predicted octanol–water partition coefficient (Wildman–Crippen LogP) is 4.17. The summed E-state index contributed by atoms with van der Waals surface area (Å²) in [5, 5.41) is 2.61. The van der Waals surface area contributed by atoms with E-state index in [1.807, 2.05) is 17.5 Å². The van der Waals surface area contributed by atoms with Crippen molar-refractivity contribution in [3.8, 4) is 16.3 Å². The van der Waals surface area contributed by atoms with E-state index in [0.717, 1.165) is 20.6 Å². The summed E-state index contributed by atoms with van der Waals surface area (Å²) < 4.78 is 35.5. The summed E-state index contributed by atoms with van der Waals surface area (Å²) in [5.41, 5.74) is 1.92. The van der Waals surface area contributed by atoms with Gasteiger partial charge < -0.3 is 9.15 Å². The molecule has 29 heavy (non-hydrogen) atoms. The molecule has 9 heteroatoms. The number of carbonyl (C=O) groups excluding carboxylic acids is 1. The number of hydrogen-bond acceptors (Lipinski definition) is 7. The second-order valence-corrected chi connectivity index (χ2v) is 10.5. The zero-order valence-electron chi connectivity index (χ0n) is 16.8. The first-order chi connectivity index (χ1) is 13.5. The van der Waals surface area contributed by atoms with Gasteiger partial charge in [0.2, 0.25) is 10.9 Å². The molecule has 154 valence electrons. The van der Waals surface area contributed by atoms with E-state index in [0.29, 0.717) is 5.75 Å². The number of benzene rings is 1. The van der Waals surface area contributed by atoms with Crippen LogP contribution in [0.1, 0.15) is 37.0 Å². The third-order valence-electron chi connectivity index (χ3n) is 4.10. The number of nitrogens with zero attached hydrogens (tertiary/aromatic N) is 2. The van der Waals surface area contributed by atoms with Crippen LogP contribution in [0.3, 0.4) is 0 Å². The lowest BCUT2D eigenvalue weighted by atomic mass is 9.93. The average molecular weight is 435 g/mol. The quantitative estimate of drug-likeness (QED) is 0.442. The lowest BCUT2D eigenvalue weighted by Gasteiger charge is -2.14. The van der Waals surface area contributed by atoms with Crippen LogP contribution in [0.2, 0.25) is 0 Å². The molecule has 1 aromatic carbocycles. The summed E-state index contributed by atoms with van der Waals surface area (Å²) in [5.74, 6) is -0.647. The Morgan fingerprint density at radius 1 is 1.10 bits per heavy atom. The van der Waals surface area contributed by atoms with Crippen LogP contribution < -0.4 is 4.74 Å². The number of rotatable bonds is 5. The highest BCUT2D eigenvalue weighted by Crippen LogP contribution is 2.30. The number of carbonyl (C=O) groups is 1. The highest BCUT2D eigenvalue weighted by atomic mass is 32.2. The van der Waals surface area contributed by atoms with Crippen molar-refractivity contribution in [2.45, 2.75) is 31.3 Å². The average Bonchev–Trinajstić information content (AvgIpc) is 3.32. The van der Waals surface area contributed by atoms with Crippen LogP contribution in [0, 0.1) is 0 Å². The van der Waals surface area contributed by atoms with Crippen LogP contribution in [0.4, 0.5) is 0 Å². The van der Waals surface area contributed by atoms with E-state index in [2.05, 4.69) is 25.8 Å². The molecule has 2 aromatic heterocycles. The SMILES string of the molecule is CN(C)S(=O)(=O)c1ccc(C(=O)Oc2ccc(-c3nc(C(C)(C)C)cs3)cc2)o1. The first kappa shape index (κ1) is 21.2. The second-order valence-electron chi connectivity index (χ2n) is 7.61. The van der Waals surface area contributed by atoms with Crippen molar-refractivity contribution in [1.82, 2.24) is 9.29 Å². The molecule has 0 amide bonds. The number of ether oxygens (including phenoxy) is 1. The van der Waals surface area contributed by atoms with Crippen LogP contribution in [-0.4, -0.2) is 37.8 Å². The van der Waals surface area contributed by atoms with E-state index in [4.69, 9.17) is 9.15 Å². The van der Waals surface area contributed by atoms with Gasteiger partial charge in [-0.25, -0.2) is 22.5 Å². The summed E-state index contributed by atoms with van der Waals surface area (Å²) in [4.78, 5) is 16.9. The molecule has 2 heterocycles. The number of thiazole rings is 1. The minimum Gasteiger partial charge on any atom is -0.436 e. The smallest absolute Gasteiger partial charge is 0.379 e. The molecule has 0 saturated heterocycles. The van der Waals surface area contributed by atoms with Crippen molar-refractivity contribution < 1.29 is 22.4 Å². The Hall–Kier alpha value is -2.49. The largest absolute Gasteiger partial charge is 0.436 e. The van der Waals surface area contributed by atoms with E-state index >= 15 is 0 Å². The Balaban J connectivity index is 1.72. The topological polar surface area (TPSA) is 89.7 Å². The Kier molecular flexibility index (Phi) is 5.66. The Morgan fingerprint density at radius 3 is 2.31 bits per heavy atom. The minimum atomic E-state index is -3.75. The molecule has 0 aliphatic carbocycles. The highest BCUT2D eigenvalue weighted by molar-refractivity contribution is 7.88. The number of esters is 1. The van der Waals surface area contributed by atoms with Crippen molar-refractivity contribution in [2.75, 3.05) is 14.1 Å². The molecule has 0 aliphatic rings. The van der Waals surface area contributed by atoms with Crippen LogP contribution >= 0.6 is 11.3 Å². The Bertz CT molecular complexity index is 1120. The Morgan fingerprint density at radius 2 is 1.76 bits per heavy atom. The molecular formula is C20H22N2O5S2. The Labute approximate surface area is 174 Å². The van der Waals surface area contributed by atoms with Gasteiger partial charge in [-0.15, -0.1) is 11.3 Å². The van der Waals surface area contributed by atoms with Gasteiger partial charge in [0.1, 0.15) is 10.8 Å². The van der Waals surface area contributed by atoms with Gasteiger partial charge in [-0.05, 0) is 36.4 Å². The molecule has 0 radical (unpaired) electrons. The molecule has 3 aromatic rings. The fourth-order valence-corrected chi connectivity index (χ4v) is 4.17. The highest BCUT2D eigenvalue weighted by Gasteiger charge is 2.24. The fourth-order valence-electron chi connectivity index (χ4n) is 2.32. The molecule has 3 rings (SSSR count). The molecule has 0 unspecified atom stereocenters. The predicted molar refractivity (Wildman–Crippen MR) is 111 cm³/mol. The van der Waals surface area contributed by atoms with Gasteiger partial charge in [-0.3, -0.25) is 0 Å². The maximum absolute atomic E-state index is 12.3. The van der Waals surface area contributed by atoms with Crippen LogP contribution in [0.15, 0.2) is 51.3 Å². The number of sulfonamides is 1. The van der Waals surface area contributed by atoms with Crippen LogP contribution in [-0.2, 0) is 15.4 Å². The number of hydrogen-bond donors (Lipinski definition) is 0. The molecule has 0 aliphatic heterocycles. The monoisotopic (exact) mass is 434 g/mol. The van der Waals surface area contributed by atoms with Crippen molar-refractivity contribution in [1.29, 1.82) is 0 Å². The van der Waals surface area contributed by atoms with Gasteiger partial charge in [0, 0.05) is 30.5 Å². The summed E-state index contributed by atoms with van der Waals surface area (Å²) in [6.07, 6.45) is 0. The number of furan rings is 1. The van der Waals surface area contributed by atoms with Crippen molar-refractivity contribution in [3.63, 3.8) is 0 Å². The molecule has 0 N–H and O–H groups in total. The summed E-state index contributed by atoms with van der Waals surface area (Å²) >= 11 is 1.56. The van der Waals surface area contributed by atoms with Crippen LogP contribution in [0.5, 0.6) is 5.75 Å². The van der Waals surface area contributed by atoms with Gasteiger partial charge >= 0.3 is 5.97 Å². The van der Waals surface area contributed by atoms with E-state index in [1.54, 1.807) is 23.5 Å². The van der Waals surface area contributed by atoms with Crippen molar-refractivity contribution >= 4 is 27.3 Å². The van der Waals surface area contributed by atoms with E-state index < -0.39 is 16.0 Å². The molecule has 0 bridgehead atoms. The molecule has 0 saturated carbocycles. The lowest BCUT2D eigenvalue weighted by Crippen LogP contribution is -2.21. The summed E-state index contributed by atoms with van der Waals surface area (Å²) in [6, 6.07) is 9.45. The third kappa shape index (κ3) is 4.58. The normalized spacial score (nSPS) is 12.3. The van der Waals surface area contributed by atoms with E-state index in [-0.39, 0.29) is 16.3 Å². The second kappa shape index (κ2) is 7.74. The minimum absolute atomic E-state index is 0.0216. The molecule has 7 nitrogen and oxygen atoms in total. The van der Waals surface area contributed by atoms with Gasteiger partial charge in [0.05, 0.1) is 5.69 Å². The summed E-state index contributed by atoms with van der Waals surface area (Å²) in [7, 11) is -0.996. The maximum atomic E-state index is 12.3. The van der Waals surface area contributed by atoms with E-state index in [1.165, 1.54) is 26.2 Å². The standard InChI is InChI=1S/C20H22N2O5S2/c1-20(2,3)16-12-28-18(21-16)13-6-8-14(9-7-13)26-19(23)15-10-11-17(27-15)29(24,25)22(4)5/h6-12H,1-5H3. The van der Waals surface area contributed by atoms with Gasteiger partial charge in [-0.1, -0.05) is 20.8 Å². The van der Waals surface area contributed by atoms with Gasteiger partial charge in [0.15, 0.2) is 0 Å². The third-order valence-corrected chi connectivity index (χ3v) is 6.68. The maximum Gasteiger partial charge on any atom is 0.379 e. The fraction of sp³-hybridized carbons (Fsp3) is 0.300. The van der Waals surface area contributed by atoms with Gasteiger partial charge in [-0.2, -0.15) is 0 Å². The van der Waals surface area contributed by atoms with Crippen molar-refractivity contribution in [2.24, 2.45) is 0 Å². The first-order valence-corrected chi connectivity index (χ1v) is 11.1. The first-order valence-electron chi connectivity index (χ1n) is 8.79. The van der Waals surface area contributed by atoms with Crippen molar-refractivity contribution in [3.05, 3.63) is 53.2 Å². The summed E-state index contributed by atoms with van der Waals surface area (Å²) in [6.45, 7) is 6.33. The van der Waals surface area contributed by atoms with Gasteiger partial charge in [0.25, 0.3) is 10.0 Å². The van der Waals surface area contributed by atoms with E-state index in [9.17, 15) is 13.2 Å². The number of aromatic nitrogens is 1. The zero-order valence-corrected chi connectivity index (χ0v) is 18.4. The molecule has 0 atom stereocenters.